The van der Waals surface area contributed by atoms with E-state index in [1.165, 1.54) is 0 Å². The first kappa shape index (κ1) is 16.2. The van der Waals surface area contributed by atoms with Crippen LogP contribution in [0.15, 0.2) is 23.3 Å². The van der Waals surface area contributed by atoms with Crippen molar-refractivity contribution in [1.82, 2.24) is 15.6 Å². The Hall–Kier alpha value is -1.82. The number of ether oxygens (including phenoxy) is 2. The molecule has 0 saturated carbocycles. The van der Waals surface area contributed by atoms with Gasteiger partial charge in [-0.05, 0) is 19.9 Å². The monoisotopic (exact) mass is 280 g/mol. The smallest absolute Gasteiger partial charge is 0.218 e. The van der Waals surface area contributed by atoms with E-state index in [1.807, 2.05) is 26.0 Å². The third kappa shape index (κ3) is 5.44. The molecule has 0 bridgehead atoms. The van der Waals surface area contributed by atoms with E-state index in [4.69, 9.17) is 9.47 Å². The number of rotatable bonds is 7. The van der Waals surface area contributed by atoms with Crippen LogP contribution >= 0.6 is 0 Å². The number of aromatic nitrogens is 1. The highest BCUT2D eigenvalue weighted by Gasteiger charge is 2.07. The first-order valence-electron chi connectivity index (χ1n) is 6.74. The first-order chi connectivity index (χ1) is 9.71. The third-order valence-electron chi connectivity index (χ3n) is 2.60. The number of pyridine rings is 1. The van der Waals surface area contributed by atoms with Crippen molar-refractivity contribution in [3.63, 3.8) is 0 Å². The number of nitrogens with zero attached hydrogens (tertiary/aromatic N) is 2. The zero-order valence-electron chi connectivity index (χ0n) is 12.6. The average Bonchev–Trinajstić information content (AvgIpc) is 2.45. The van der Waals surface area contributed by atoms with Gasteiger partial charge in [0.1, 0.15) is 0 Å². The Bertz CT molecular complexity index is 423. The van der Waals surface area contributed by atoms with Gasteiger partial charge in [-0.1, -0.05) is 6.07 Å². The van der Waals surface area contributed by atoms with Crippen molar-refractivity contribution in [2.45, 2.75) is 26.4 Å². The number of hydrogen-bond donors (Lipinski definition) is 2. The van der Waals surface area contributed by atoms with E-state index >= 15 is 0 Å². The molecule has 112 valence electrons. The normalized spacial score (nSPS) is 12.9. The number of guanidine groups is 1. The molecule has 1 aromatic heterocycles. The molecule has 0 aliphatic rings. The minimum atomic E-state index is 0.187. The molecule has 0 radical (unpaired) electrons. The van der Waals surface area contributed by atoms with Crippen molar-refractivity contribution in [2.24, 2.45) is 4.99 Å². The fourth-order valence-electron chi connectivity index (χ4n) is 1.72. The van der Waals surface area contributed by atoms with Gasteiger partial charge in [-0.15, -0.1) is 0 Å². The SMILES string of the molecule is CCOc1ncccc1CNC(=NC)NC(C)COC. The average molecular weight is 280 g/mol. The zero-order valence-corrected chi connectivity index (χ0v) is 12.6. The fourth-order valence-corrected chi connectivity index (χ4v) is 1.72. The molecule has 1 atom stereocenters. The van der Waals surface area contributed by atoms with Crippen molar-refractivity contribution >= 4 is 5.96 Å². The molecule has 0 spiro atoms. The molecule has 2 N–H and O–H groups in total. The van der Waals surface area contributed by atoms with E-state index in [9.17, 15) is 0 Å². The summed E-state index contributed by atoms with van der Waals surface area (Å²) in [5.74, 6) is 1.38. The van der Waals surface area contributed by atoms with Crippen LogP contribution in [0, 0.1) is 0 Å². The minimum absolute atomic E-state index is 0.187. The van der Waals surface area contributed by atoms with E-state index in [1.54, 1.807) is 20.4 Å². The summed E-state index contributed by atoms with van der Waals surface area (Å²) in [5, 5.41) is 6.48. The molecule has 6 heteroatoms. The summed E-state index contributed by atoms with van der Waals surface area (Å²) in [7, 11) is 3.42. The Morgan fingerprint density at radius 1 is 1.50 bits per heavy atom. The van der Waals surface area contributed by atoms with Crippen LogP contribution in [0.4, 0.5) is 0 Å². The number of aliphatic imine (C=N–C) groups is 1. The Kier molecular flexibility index (Phi) is 7.42. The molecule has 6 nitrogen and oxygen atoms in total. The van der Waals surface area contributed by atoms with E-state index < -0.39 is 0 Å². The van der Waals surface area contributed by atoms with E-state index in [2.05, 4.69) is 20.6 Å². The van der Waals surface area contributed by atoms with Crippen LogP contribution < -0.4 is 15.4 Å². The van der Waals surface area contributed by atoms with Crippen LogP contribution in [0.25, 0.3) is 0 Å². The molecule has 0 fully saturated rings. The maximum absolute atomic E-state index is 5.49. The standard InChI is InChI=1S/C14H24N4O2/c1-5-20-13-12(7-6-8-16-13)9-17-14(15-3)18-11(2)10-19-4/h6-8,11H,5,9-10H2,1-4H3,(H2,15,17,18). The van der Waals surface area contributed by atoms with Crippen LogP contribution in [0.2, 0.25) is 0 Å². The van der Waals surface area contributed by atoms with Gasteiger partial charge in [0, 0.05) is 38.5 Å². The quantitative estimate of drug-likeness (QED) is 0.580. The maximum atomic E-state index is 5.49. The lowest BCUT2D eigenvalue weighted by Gasteiger charge is -2.17. The van der Waals surface area contributed by atoms with Crippen molar-refractivity contribution in [3.05, 3.63) is 23.9 Å². The summed E-state index contributed by atoms with van der Waals surface area (Å²) < 4.78 is 10.6. The predicted molar refractivity (Wildman–Crippen MR) is 80.1 cm³/mol. The molecule has 0 aliphatic carbocycles. The van der Waals surface area contributed by atoms with Gasteiger partial charge in [-0.2, -0.15) is 0 Å². The summed E-state index contributed by atoms with van der Waals surface area (Å²) in [6.45, 7) is 5.80. The van der Waals surface area contributed by atoms with Crippen LogP contribution in [0.1, 0.15) is 19.4 Å². The molecule has 0 amide bonds. The number of nitrogens with one attached hydrogen (secondary N) is 2. The van der Waals surface area contributed by atoms with Crippen molar-refractivity contribution in [3.8, 4) is 5.88 Å². The highest BCUT2D eigenvalue weighted by Crippen LogP contribution is 2.13. The summed E-state index contributed by atoms with van der Waals surface area (Å²) in [6, 6.07) is 4.06. The van der Waals surface area contributed by atoms with Gasteiger partial charge in [-0.25, -0.2) is 4.98 Å². The van der Waals surface area contributed by atoms with Gasteiger partial charge in [0.05, 0.1) is 13.2 Å². The minimum Gasteiger partial charge on any atom is -0.478 e. The fraction of sp³-hybridized carbons (Fsp3) is 0.571. The predicted octanol–water partition coefficient (Wildman–Crippen LogP) is 1.18. The lowest BCUT2D eigenvalue weighted by molar-refractivity contribution is 0.179. The van der Waals surface area contributed by atoms with Gasteiger partial charge >= 0.3 is 0 Å². The topological polar surface area (TPSA) is 67.8 Å². The van der Waals surface area contributed by atoms with Crippen LogP contribution in [-0.2, 0) is 11.3 Å². The second kappa shape index (κ2) is 9.14. The van der Waals surface area contributed by atoms with Gasteiger partial charge in [-0.3, -0.25) is 4.99 Å². The molecular formula is C14H24N4O2. The lowest BCUT2D eigenvalue weighted by atomic mass is 10.2. The zero-order chi connectivity index (χ0) is 14.8. The van der Waals surface area contributed by atoms with E-state index in [-0.39, 0.29) is 6.04 Å². The second-order valence-corrected chi connectivity index (χ2v) is 4.33. The van der Waals surface area contributed by atoms with Gasteiger partial charge < -0.3 is 20.1 Å². The Balaban J connectivity index is 2.56. The molecule has 1 aromatic rings. The van der Waals surface area contributed by atoms with Crippen molar-refractivity contribution in [2.75, 3.05) is 27.4 Å². The molecule has 0 aliphatic heterocycles. The Morgan fingerprint density at radius 3 is 2.95 bits per heavy atom. The van der Waals surface area contributed by atoms with Crippen LogP contribution in [0.5, 0.6) is 5.88 Å². The summed E-state index contributed by atoms with van der Waals surface area (Å²) in [6.07, 6.45) is 1.72. The molecular weight excluding hydrogens is 256 g/mol. The van der Waals surface area contributed by atoms with Gasteiger partial charge in [0.2, 0.25) is 5.88 Å². The van der Waals surface area contributed by atoms with Crippen molar-refractivity contribution < 1.29 is 9.47 Å². The third-order valence-corrected chi connectivity index (χ3v) is 2.60. The summed E-state index contributed by atoms with van der Waals surface area (Å²) in [4.78, 5) is 8.40. The van der Waals surface area contributed by atoms with Crippen molar-refractivity contribution in [1.29, 1.82) is 0 Å². The summed E-state index contributed by atoms with van der Waals surface area (Å²) >= 11 is 0. The van der Waals surface area contributed by atoms with E-state index in [0.29, 0.717) is 25.6 Å². The molecule has 20 heavy (non-hydrogen) atoms. The lowest BCUT2D eigenvalue weighted by Crippen LogP contribution is -2.43. The van der Waals surface area contributed by atoms with Gasteiger partial charge in [0.15, 0.2) is 5.96 Å². The number of hydrogen-bond acceptors (Lipinski definition) is 4. The maximum Gasteiger partial charge on any atom is 0.218 e. The van der Waals surface area contributed by atoms with Gasteiger partial charge in [0.25, 0.3) is 0 Å². The molecule has 1 rings (SSSR count). The van der Waals surface area contributed by atoms with Crippen LogP contribution in [-0.4, -0.2) is 44.4 Å². The number of methoxy groups -OCH3 is 1. The Labute approximate surface area is 120 Å². The highest BCUT2D eigenvalue weighted by molar-refractivity contribution is 5.79. The largest absolute Gasteiger partial charge is 0.478 e. The van der Waals surface area contributed by atoms with E-state index in [0.717, 1.165) is 11.5 Å². The molecule has 1 heterocycles. The Morgan fingerprint density at radius 2 is 2.30 bits per heavy atom. The second-order valence-electron chi connectivity index (χ2n) is 4.33. The highest BCUT2D eigenvalue weighted by atomic mass is 16.5. The summed E-state index contributed by atoms with van der Waals surface area (Å²) in [5.41, 5.74) is 0.997. The molecule has 1 unspecified atom stereocenters. The first-order valence-corrected chi connectivity index (χ1v) is 6.74. The van der Waals surface area contributed by atoms with Crippen LogP contribution in [0.3, 0.4) is 0 Å². The molecule has 0 saturated heterocycles. The molecule has 0 aromatic carbocycles.